The zero-order valence-electron chi connectivity index (χ0n) is 11.9. The van der Waals surface area contributed by atoms with Gasteiger partial charge in [-0.15, -0.1) is 0 Å². The Hall–Kier alpha value is -2.40. The van der Waals surface area contributed by atoms with Crippen LogP contribution in [-0.2, 0) is 0 Å². The van der Waals surface area contributed by atoms with Gasteiger partial charge in [0.05, 0.1) is 5.56 Å². The number of phenolic OH excluding ortho intramolecular Hbond substituents is 1. The lowest BCUT2D eigenvalue weighted by Crippen LogP contribution is -2.14. The van der Waals surface area contributed by atoms with Crippen molar-refractivity contribution in [3.05, 3.63) is 59.4 Å². The molecule has 5 heteroatoms. The summed E-state index contributed by atoms with van der Waals surface area (Å²) in [5, 5.41) is 14.9. The number of carbonyl (C=O) groups is 1. The summed E-state index contributed by atoms with van der Waals surface area (Å²) in [6.45, 7) is 2.03. The van der Waals surface area contributed by atoms with Gasteiger partial charge >= 0.3 is 0 Å². The van der Waals surface area contributed by atoms with Crippen molar-refractivity contribution in [2.75, 3.05) is 12.4 Å². The second-order valence-electron chi connectivity index (χ2n) is 4.75. The van der Waals surface area contributed by atoms with Gasteiger partial charge in [0, 0.05) is 17.8 Å². The molecule has 4 nitrogen and oxygen atoms in total. The van der Waals surface area contributed by atoms with Gasteiger partial charge < -0.3 is 15.7 Å². The van der Waals surface area contributed by atoms with Crippen LogP contribution >= 0.6 is 0 Å². The second kappa shape index (κ2) is 6.37. The molecule has 0 fully saturated rings. The van der Waals surface area contributed by atoms with Crippen LogP contribution in [-0.4, -0.2) is 18.1 Å². The van der Waals surface area contributed by atoms with Crippen LogP contribution in [0, 0.1) is 5.82 Å². The molecule has 2 aromatic carbocycles. The van der Waals surface area contributed by atoms with Gasteiger partial charge in [-0.05, 0) is 43.8 Å². The van der Waals surface area contributed by atoms with E-state index in [1.54, 1.807) is 12.1 Å². The molecule has 0 aromatic heterocycles. The van der Waals surface area contributed by atoms with Gasteiger partial charge in [0.1, 0.15) is 11.6 Å². The van der Waals surface area contributed by atoms with Gasteiger partial charge in [-0.3, -0.25) is 4.79 Å². The number of nitrogens with one attached hydrogen (secondary N) is 2. The Kier molecular flexibility index (Phi) is 4.55. The summed E-state index contributed by atoms with van der Waals surface area (Å²) < 4.78 is 13.6. The predicted octanol–water partition coefficient (Wildman–Crippen LogP) is 3.06. The minimum absolute atomic E-state index is 0.111. The molecule has 1 unspecified atom stereocenters. The molecule has 110 valence electrons. The predicted molar refractivity (Wildman–Crippen MR) is 79.9 cm³/mol. The largest absolute Gasteiger partial charge is 0.508 e. The lowest BCUT2D eigenvalue weighted by Gasteiger charge is -2.12. The lowest BCUT2D eigenvalue weighted by molar-refractivity contribution is 0.102. The number of rotatable bonds is 4. The summed E-state index contributed by atoms with van der Waals surface area (Å²) in [5.74, 6) is -1.52. The number of benzene rings is 2. The van der Waals surface area contributed by atoms with Crippen molar-refractivity contribution < 1.29 is 14.3 Å². The Balaban J connectivity index is 2.12. The molecular weight excluding hydrogens is 271 g/mol. The number of carbonyl (C=O) groups excluding carboxylic acids is 1. The molecule has 0 spiro atoms. The van der Waals surface area contributed by atoms with E-state index in [2.05, 4.69) is 10.6 Å². The van der Waals surface area contributed by atoms with Crippen LogP contribution < -0.4 is 10.6 Å². The van der Waals surface area contributed by atoms with Crippen molar-refractivity contribution in [2.24, 2.45) is 0 Å². The summed E-state index contributed by atoms with van der Waals surface area (Å²) >= 11 is 0. The van der Waals surface area contributed by atoms with E-state index in [1.165, 1.54) is 12.1 Å². The van der Waals surface area contributed by atoms with Crippen LogP contribution in [0.4, 0.5) is 10.1 Å². The minimum Gasteiger partial charge on any atom is -0.508 e. The average molecular weight is 288 g/mol. The van der Waals surface area contributed by atoms with Crippen molar-refractivity contribution >= 4 is 11.6 Å². The fourth-order valence-corrected chi connectivity index (χ4v) is 1.91. The number of hydrogen-bond acceptors (Lipinski definition) is 3. The first kappa shape index (κ1) is 15.0. The highest BCUT2D eigenvalue weighted by Gasteiger charge is 2.12. The van der Waals surface area contributed by atoms with Crippen LogP contribution in [0.3, 0.4) is 0 Å². The Bertz CT molecular complexity index is 641. The van der Waals surface area contributed by atoms with Crippen molar-refractivity contribution in [3.63, 3.8) is 0 Å². The Morgan fingerprint density at radius 1 is 1.19 bits per heavy atom. The van der Waals surface area contributed by atoms with Crippen molar-refractivity contribution in [1.29, 1.82) is 0 Å². The summed E-state index contributed by atoms with van der Waals surface area (Å²) in [6.07, 6.45) is 0. The van der Waals surface area contributed by atoms with E-state index in [0.29, 0.717) is 5.69 Å². The Morgan fingerprint density at radius 3 is 2.43 bits per heavy atom. The van der Waals surface area contributed by atoms with E-state index in [-0.39, 0.29) is 17.4 Å². The number of hydrogen-bond donors (Lipinski definition) is 3. The molecule has 1 amide bonds. The molecule has 0 bridgehead atoms. The standard InChI is InChI=1S/C16H17FN2O2/c1-10(18-2)11-3-5-12(6-4-11)19-16(21)14-8-7-13(20)9-15(14)17/h3-10,18,20H,1-2H3,(H,19,21). The third-order valence-electron chi connectivity index (χ3n) is 3.30. The molecule has 0 radical (unpaired) electrons. The third kappa shape index (κ3) is 3.58. The van der Waals surface area contributed by atoms with Crippen LogP contribution in [0.15, 0.2) is 42.5 Å². The fourth-order valence-electron chi connectivity index (χ4n) is 1.91. The van der Waals surface area contributed by atoms with E-state index in [4.69, 9.17) is 5.11 Å². The number of halogens is 1. The zero-order valence-corrected chi connectivity index (χ0v) is 11.9. The van der Waals surface area contributed by atoms with Crippen LogP contribution in [0.1, 0.15) is 28.9 Å². The number of aromatic hydroxyl groups is 1. The molecule has 2 rings (SSSR count). The summed E-state index contributed by atoms with van der Waals surface area (Å²) in [5.41, 5.74) is 1.56. The second-order valence-corrected chi connectivity index (χ2v) is 4.75. The lowest BCUT2D eigenvalue weighted by atomic mass is 10.1. The van der Waals surface area contributed by atoms with Gasteiger partial charge in [-0.1, -0.05) is 12.1 Å². The molecule has 1 atom stereocenters. The van der Waals surface area contributed by atoms with E-state index in [1.807, 2.05) is 26.1 Å². The van der Waals surface area contributed by atoms with E-state index >= 15 is 0 Å². The first-order valence-electron chi connectivity index (χ1n) is 6.58. The zero-order chi connectivity index (χ0) is 15.4. The summed E-state index contributed by atoms with van der Waals surface area (Å²) in [6, 6.07) is 11.0. The fraction of sp³-hybridized carbons (Fsp3) is 0.188. The molecule has 0 aliphatic carbocycles. The van der Waals surface area contributed by atoms with E-state index in [0.717, 1.165) is 11.6 Å². The quantitative estimate of drug-likeness (QED) is 0.810. The highest BCUT2D eigenvalue weighted by molar-refractivity contribution is 6.04. The molecule has 0 heterocycles. The Morgan fingerprint density at radius 2 is 1.86 bits per heavy atom. The molecule has 0 aliphatic rings. The van der Waals surface area contributed by atoms with Crippen LogP contribution in [0.25, 0.3) is 0 Å². The van der Waals surface area contributed by atoms with E-state index < -0.39 is 11.7 Å². The van der Waals surface area contributed by atoms with Gasteiger partial charge in [0.25, 0.3) is 5.91 Å². The van der Waals surface area contributed by atoms with Gasteiger partial charge in [-0.25, -0.2) is 4.39 Å². The first-order valence-corrected chi connectivity index (χ1v) is 6.58. The van der Waals surface area contributed by atoms with Gasteiger partial charge in [-0.2, -0.15) is 0 Å². The minimum atomic E-state index is -0.757. The number of phenols is 1. The maximum absolute atomic E-state index is 13.6. The van der Waals surface area contributed by atoms with E-state index in [9.17, 15) is 9.18 Å². The van der Waals surface area contributed by atoms with Crippen molar-refractivity contribution in [2.45, 2.75) is 13.0 Å². The van der Waals surface area contributed by atoms with Gasteiger partial charge in [0.15, 0.2) is 0 Å². The maximum atomic E-state index is 13.6. The highest BCUT2D eigenvalue weighted by Crippen LogP contribution is 2.19. The molecule has 2 aromatic rings. The monoisotopic (exact) mass is 288 g/mol. The van der Waals surface area contributed by atoms with Crippen molar-refractivity contribution in [3.8, 4) is 5.75 Å². The highest BCUT2D eigenvalue weighted by atomic mass is 19.1. The number of anilines is 1. The summed E-state index contributed by atoms with van der Waals surface area (Å²) in [4.78, 5) is 12.0. The van der Waals surface area contributed by atoms with Crippen LogP contribution in [0.5, 0.6) is 5.75 Å². The number of amides is 1. The molecule has 0 saturated heterocycles. The summed E-state index contributed by atoms with van der Waals surface area (Å²) in [7, 11) is 1.87. The molecular formula is C16H17FN2O2. The smallest absolute Gasteiger partial charge is 0.258 e. The normalized spacial score (nSPS) is 12.0. The average Bonchev–Trinajstić information content (AvgIpc) is 2.47. The third-order valence-corrected chi connectivity index (χ3v) is 3.30. The molecule has 0 aliphatic heterocycles. The molecule has 0 saturated carbocycles. The SMILES string of the molecule is CNC(C)c1ccc(NC(=O)c2ccc(O)cc2F)cc1. The topological polar surface area (TPSA) is 61.4 Å². The van der Waals surface area contributed by atoms with Crippen LogP contribution in [0.2, 0.25) is 0 Å². The van der Waals surface area contributed by atoms with Crippen molar-refractivity contribution in [1.82, 2.24) is 5.32 Å². The molecule has 3 N–H and O–H groups in total. The molecule has 21 heavy (non-hydrogen) atoms. The maximum Gasteiger partial charge on any atom is 0.258 e. The first-order chi connectivity index (χ1) is 10.0. The Labute approximate surface area is 122 Å². The van der Waals surface area contributed by atoms with Gasteiger partial charge in [0.2, 0.25) is 0 Å².